The SMILES string of the molecule is Cc1ccc(NC(=O)C2C3C=CC4(O3)C2C(=O)N(C(C)C)C4C(=O)NC2CCCCC2)cc1Cl. The number of hydrogen-bond acceptors (Lipinski definition) is 4. The number of aryl methyl sites for hydroxylation is 1. The van der Waals surface area contributed by atoms with E-state index in [4.69, 9.17) is 16.3 Å². The molecule has 0 aromatic heterocycles. The second-order valence-electron chi connectivity index (χ2n) is 10.3. The molecule has 7 nitrogen and oxygen atoms in total. The number of carbonyl (C=O) groups is 3. The molecule has 4 aliphatic rings. The van der Waals surface area contributed by atoms with Crippen molar-refractivity contribution < 1.29 is 19.1 Å². The zero-order valence-corrected chi connectivity index (χ0v) is 20.6. The van der Waals surface area contributed by atoms with Crippen LogP contribution < -0.4 is 10.6 Å². The summed E-state index contributed by atoms with van der Waals surface area (Å²) < 4.78 is 6.35. The van der Waals surface area contributed by atoms with Gasteiger partial charge in [0.2, 0.25) is 17.7 Å². The first kappa shape index (κ1) is 23.4. The molecule has 2 N–H and O–H groups in total. The predicted molar refractivity (Wildman–Crippen MR) is 129 cm³/mol. The second kappa shape index (κ2) is 8.68. The Kier molecular flexibility index (Phi) is 5.97. The first-order valence-electron chi connectivity index (χ1n) is 12.3. The predicted octanol–water partition coefficient (Wildman–Crippen LogP) is 3.59. The molecule has 5 atom stereocenters. The number of hydrogen-bond donors (Lipinski definition) is 2. The van der Waals surface area contributed by atoms with Crippen molar-refractivity contribution in [3.05, 3.63) is 40.9 Å². The Morgan fingerprint density at radius 3 is 2.59 bits per heavy atom. The van der Waals surface area contributed by atoms with E-state index >= 15 is 0 Å². The lowest BCUT2D eigenvalue weighted by Crippen LogP contribution is -2.57. The van der Waals surface area contributed by atoms with Crippen LogP contribution in [0.3, 0.4) is 0 Å². The molecule has 8 heteroatoms. The summed E-state index contributed by atoms with van der Waals surface area (Å²) in [6, 6.07) is 4.45. The number of ether oxygens (including phenoxy) is 1. The summed E-state index contributed by atoms with van der Waals surface area (Å²) in [5.41, 5.74) is 0.354. The summed E-state index contributed by atoms with van der Waals surface area (Å²) in [5, 5.41) is 6.66. The summed E-state index contributed by atoms with van der Waals surface area (Å²) in [5.74, 6) is -2.15. The molecular weight excluding hydrogens is 454 g/mol. The number of carbonyl (C=O) groups excluding carboxylic acids is 3. The van der Waals surface area contributed by atoms with Gasteiger partial charge in [0.15, 0.2) is 0 Å². The van der Waals surface area contributed by atoms with E-state index < -0.39 is 29.6 Å². The minimum Gasteiger partial charge on any atom is -0.359 e. The molecule has 0 radical (unpaired) electrons. The van der Waals surface area contributed by atoms with E-state index in [1.165, 1.54) is 6.42 Å². The van der Waals surface area contributed by atoms with Gasteiger partial charge in [-0.1, -0.05) is 49.1 Å². The Morgan fingerprint density at radius 2 is 1.91 bits per heavy atom. The quantitative estimate of drug-likeness (QED) is 0.624. The molecule has 182 valence electrons. The number of nitrogens with one attached hydrogen (secondary N) is 2. The van der Waals surface area contributed by atoms with Gasteiger partial charge in [0.1, 0.15) is 11.6 Å². The van der Waals surface area contributed by atoms with Crippen molar-refractivity contribution in [1.82, 2.24) is 10.2 Å². The van der Waals surface area contributed by atoms with Gasteiger partial charge in [-0.05, 0) is 51.3 Å². The first-order chi connectivity index (χ1) is 16.2. The average Bonchev–Trinajstić information content (AvgIpc) is 3.44. The molecule has 3 fully saturated rings. The first-order valence-corrected chi connectivity index (χ1v) is 12.7. The van der Waals surface area contributed by atoms with Crippen LogP contribution in [0.15, 0.2) is 30.4 Å². The Morgan fingerprint density at radius 1 is 1.18 bits per heavy atom. The molecular formula is C26H32ClN3O4. The highest BCUT2D eigenvalue weighted by atomic mass is 35.5. The minimum absolute atomic E-state index is 0.119. The van der Waals surface area contributed by atoms with Crippen LogP contribution in [0.25, 0.3) is 0 Å². The third kappa shape index (κ3) is 3.64. The summed E-state index contributed by atoms with van der Waals surface area (Å²) in [4.78, 5) is 42.4. The lowest BCUT2D eigenvalue weighted by atomic mass is 9.74. The molecule has 3 aliphatic heterocycles. The molecule has 5 unspecified atom stereocenters. The molecule has 2 bridgehead atoms. The summed E-state index contributed by atoms with van der Waals surface area (Å²) in [6.07, 6.45) is 8.42. The third-order valence-corrected chi connectivity index (χ3v) is 8.22. The van der Waals surface area contributed by atoms with E-state index in [1.54, 1.807) is 17.0 Å². The van der Waals surface area contributed by atoms with Crippen molar-refractivity contribution >= 4 is 35.0 Å². The van der Waals surface area contributed by atoms with E-state index in [1.807, 2.05) is 39.0 Å². The maximum Gasteiger partial charge on any atom is 0.246 e. The molecule has 1 aliphatic carbocycles. The fraction of sp³-hybridized carbons (Fsp3) is 0.577. The number of anilines is 1. The van der Waals surface area contributed by atoms with Gasteiger partial charge in [0, 0.05) is 22.8 Å². The van der Waals surface area contributed by atoms with Crippen LogP contribution in [-0.4, -0.2) is 52.5 Å². The van der Waals surface area contributed by atoms with Crippen LogP contribution in [0.4, 0.5) is 5.69 Å². The standard InChI is InChI=1S/C26H32ClN3O4/c1-14(2)30-22(24(32)28-16-7-5-4-6-8-16)26-12-11-19(34-26)20(21(26)25(30)33)23(31)29-17-10-9-15(3)18(27)13-17/h9-14,16,19-22H,4-8H2,1-3H3,(H,28,32)(H,29,31). The van der Waals surface area contributed by atoms with Crippen LogP contribution in [0, 0.1) is 18.8 Å². The molecule has 3 heterocycles. The molecule has 5 rings (SSSR count). The van der Waals surface area contributed by atoms with Gasteiger partial charge in [-0.2, -0.15) is 0 Å². The van der Waals surface area contributed by atoms with Gasteiger partial charge in [0.05, 0.1) is 17.9 Å². The monoisotopic (exact) mass is 485 g/mol. The maximum atomic E-state index is 13.7. The van der Waals surface area contributed by atoms with Crippen molar-refractivity contribution in [2.45, 2.75) is 82.7 Å². The second-order valence-corrected chi connectivity index (χ2v) is 10.7. The van der Waals surface area contributed by atoms with E-state index in [-0.39, 0.29) is 29.8 Å². The Bertz CT molecular complexity index is 1050. The molecule has 1 aromatic rings. The van der Waals surface area contributed by atoms with Gasteiger partial charge in [0.25, 0.3) is 0 Å². The topological polar surface area (TPSA) is 87.7 Å². The number of likely N-dealkylation sites (tertiary alicyclic amines) is 1. The lowest BCUT2D eigenvalue weighted by molar-refractivity contribution is -0.143. The van der Waals surface area contributed by atoms with Gasteiger partial charge in [-0.15, -0.1) is 0 Å². The Balaban J connectivity index is 1.43. The molecule has 1 spiro atoms. The number of rotatable bonds is 5. The molecule has 1 saturated carbocycles. The van der Waals surface area contributed by atoms with Crippen LogP contribution in [0.2, 0.25) is 5.02 Å². The largest absolute Gasteiger partial charge is 0.359 e. The number of nitrogens with zero attached hydrogens (tertiary/aromatic N) is 1. The highest BCUT2D eigenvalue weighted by Crippen LogP contribution is 2.55. The number of benzene rings is 1. The van der Waals surface area contributed by atoms with Gasteiger partial charge in [-0.3, -0.25) is 14.4 Å². The minimum atomic E-state index is -1.13. The Labute approximate surface area is 205 Å². The number of amides is 3. The number of fused-ring (bicyclic) bond motifs is 1. The highest BCUT2D eigenvalue weighted by Gasteiger charge is 2.73. The van der Waals surface area contributed by atoms with E-state index in [0.717, 1.165) is 31.2 Å². The average molecular weight is 486 g/mol. The van der Waals surface area contributed by atoms with Crippen LogP contribution in [-0.2, 0) is 19.1 Å². The van der Waals surface area contributed by atoms with Crippen LogP contribution in [0.5, 0.6) is 0 Å². The molecule has 3 amide bonds. The normalized spacial score (nSPS) is 32.4. The van der Waals surface area contributed by atoms with E-state index in [2.05, 4.69) is 10.6 Å². The van der Waals surface area contributed by atoms with Crippen molar-refractivity contribution in [1.29, 1.82) is 0 Å². The van der Waals surface area contributed by atoms with Gasteiger partial charge >= 0.3 is 0 Å². The third-order valence-electron chi connectivity index (χ3n) is 7.81. The summed E-state index contributed by atoms with van der Waals surface area (Å²) >= 11 is 6.23. The summed E-state index contributed by atoms with van der Waals surface area (Å²) in [7, 11) is 0. The van der Waals surface area contributed by atoms with Crippen LogP contribution in [0.1, 0.15) is 51.5 Å². The van der Waals surface area contributed by atoms with Gasteiger partial charge < -0.3 is 20.3 Å². The highest BCUT2D eigenvalue weighted by molar-refractivity contribution is 6.31. The fourth-order valence-corrected chi connectivity index (χ4v) is 6.37. The van der Waals surface area contributed by atoms with Crippen molar-refractivity contribution in [3.8, 4) is 0 Å². The zero-order valence-electron chi connectivity index (χ0n) is 19.8. The van der Waals surface area contributed by atoms with Gasteiger partial charge in [-0.25, -0.2) is 0 Å². The van der Waals surface area contributed by atoms with Crippen molar-refractivity contribution in [2.75, 3.05) is 5.32 Å². The maximum absolute atomic E-state index is 13.7. The van der Waals surface area contributed by atoms with Crippen LogP contribution >= 0.6 is 11.6 Å². The zero-order chi connectivity index (χ0) is 24.2. The van der Waals surface area contributed by atoms with E-state index in [0.29, 0.717) is 10.7 Å². The number of halogens is 1. The molecule has 34 heavy (non-hydrogen) atoms. The lowest BCUT2D eigenvalue weighted by Gasteiger charge is -2.35. The molecule has 2 saturated heterocycles. The smallest absolute Gasteiger partial charge is 0.246 e. The van der Waals surface area contributed by atoms with Crippen molar-refractivity contribution in [2.24, 2.45) is 11.8 Å². The molecule has 1 aromatic carbocycles. The van der Waals surface area contributed by atoms with E-state index in [9.17, 15) is 14.4 Å². The summed E-state index contributed by atoms with van der Waals surface area (Å²) in [6.45, 7) is 5.69. The van der Waals surface area contributed by atoms with Crippen molar-refractivity contribution in [3.63, 3.8) is 0 Å². The Hall–Kier alpha value is -2.38. The fourth-order valence-electron chi connectivity index (χ4n) is 6.18.